The molecular formula is C13H30O4Si4. The highest BCUT2D eigenvalue weighted by Gasteiger charge is 2.54. The van der Waals surface area contributed by atoms with Crippen LogP contribution in [0.1, 0.15) is 0 Å². The minimum absolute atomic E-state index is 1.58. The maximum atomic E-state index is 6.27. The quantitative estimate of drug-likeness (QED) is 0.552. The SMILES string of the molecule is C=C[Si](C)(C)O[Si](OC)(O[Si](C)(C)C=C)O[Si](C)(C)C=C. The van der Waals surface area contributed by atoms with E-state index >= 15 is 0 Å². The lowest BCUT2D eigenvalue weighted by atomic mass is 11.3. The molecule has 21 heavy (non-hydrogen) atoms. The van der Waals surface area contributed by atoms with Crippen molar-refractivity contribution in [1.29, 1.82) is 0 Å². The van der Waals surface area contributed by atoms with Crippen molar-refractivity contribution in [2.75, 3.05) is 7.11 Å². The van der Waals surface area contributed by atoms with Crippen molar-refractivity contribution >= 4 is 34.0 Å². The van der Waals surface area contributed by atoms with Crippen LogP contribution in [0.3, 0.4) is 0 Å². The van der Waals surface area contributed by atoms with Crippen LogP contribution >= 0.6 is 0 Å². The van der Waals surface area contributed by atoms with Gasteiger partial charge in [-0.3, -0.25) is 0 Å². The third-order valence-electron chi connectivity index (χ3n) is 2.89. The molecule has 0 bridgehead atoms. The highest BCUT2D eigenvalue weighted by atomic mass is 28.5. The van der Waals surface area contributed by atoms with Crippen molar-refractivity contribution in [3.05, 3.63) is 36.8 Å². The number of hydrogen-bond donors (Lipinski definition) is 0. The van der Waals surface area contributed by atoms with Crippen LogP contribution in [0.2, 0.25) is 39.3 Å². The fraction of sp³-hybridized carbons (Fsp3) is 0.538. The Morgan fingerprint density at radius 3 is 1.00 bits per heavy atom. The zero-order valence-electron chi connectivity index (χ0n) is 14.5. The van der Waals surface area contributed by atoms with Crippen molar-refractivity contribution in [3.63, 3.8) is 0 Å². The average Bonchev–Trinajstić information content (AvgIpc) is 2.37. The topological polar surface area (TPSA) is 36.9 Å². The Hall–Kier alpha value is -0.0725. The van der Waals surface area contributed by atoms with Gasteiger partial charge in [-0.05, 0) is 39.3 Å². The van der Waals surface area contributed by atoms with Gasteiger partial charge in [0.2, 0.25) is 25.0 Å². The summed E-state index contributed by atoms with van der Waals surface area (Å²) < 4.78 is 24.5. The molecule has 0 saturated carbocycles. The molecule has 0 aromatic heterocycles. The molecule has 0 aromatic rings. The van der Waals surface area contributed by atoms with Gasteiger partial charge in [-0.1, -0.05) is 17.1 Å². The molecule has 0 unspecified atom stereocenters. The lowest BCUT2D eigenvalue weighted by Crippen LogP contribution is -2.62. The Labute approximate surface area is 134 Å². The molecule has 0 heterocycles. The van der Waals surface area contributed by atoms with E-state index in [0.717, 1.165) is 0 Å². The van der Waals surface area contributed by atoms with E-state index in [0.29, 0.717) is 0 Å². The summed E-state index contributed by atoms with van der Waals surface area (Å²) in [6, 6.07) is 0. The first-order chi connectivity index (χ1) is 9.36. The van der Waals surface area contributed by atoms with Crippen LogP contribution in [0, 0.1) is 0 Å². The number of hydrogen-bond acceptors (Lipinski definition) is 4. The van der Waals surface area contributed by atoms with Gasteiger partial charge >= 0.3 is 9.05 Å². The van der Waals surface area contributed by atoms with E-state index in [-0.39, 0.29) is 0 Å². The van der Waals surface area contributed by atoms with Crippen molar-refractivity contribution in [1.82, 2.24) is 0 Å². The maximum absolute atomic E-state index is 6.27. The van der Waals surface area contributed by atoms with E-state index in [9.17, 15) is 0 Å². The summed E-state index contributed by atoms with van der Waals surface area (Å²) in [5, 5.41) is 0. The molecule has 8 heteroatoms. The summed E-state index contributed by atoms with van der Waals surface area (Å²) in [7, 11) is -8.08. The third-order valence-corrected chi connectivity index (χ3v) is 15.7. The van der Waals surface area contributed by atoms with E-state index in [1.165, 1.54) is 0 Å². The Kier molecular flexibility index (Phi) is 7.44. The molecule has 0 aromatic carbocycles. The number of rotatable bonds is 10. The summed E-state index contributed by atoms with van der Waals surface area (Å²) in [6.07, 6.45) is 0. The smallest absolute Gasteiger partial charge is 0.391 e. The van der Waals surface area contributed by atoms with Crippen molar-refractivity contribution in [2.45, 2.75) is 39.3 Å². The van der Waals surface area contributed by atoms with Gasteiger partial charge < -0.3 is 16.8 Å². The third kappa shape index (κ3) is 7.15. The summed E-state index contributed by atoms with van der Waals surface area (Å²) in [5.41, 5.74) is 5.56. The first-order valence-corrected chi connectivity index (χ1v) is 17.5. The van der Waals surface area contributed by atoms with Gasteiger partial charge in [0.25, 0.3) is 0 Å². The Morgan fingerprint density at radius 2 is 0.857 bits per heavy atom. The summed E-state index contributed by atoms with van der Waals surface area (Å²) in [6.45, 7) is 23.8. The Morgan fingerprint density at radius 1 is 0.619 bits per heavy atom. The summed E-state index contributed by atoms with van der Waals surface area (Å²) in [4.78, 5) is 0. The predicted molar refractivity (Wildman–Crippen MR) is 99.1 cm³/mol. The largest absolute Gasteiger partial charge is 0.648 e. The molecule has 4 nitrogen and oxygen atoms in total. The minimum atomic E-state index is -3.27. The van der Waals surface area contributed by atoms with E-state index in [2.05, 4.69) is 19.7 Å². The van der Waals surface area contributed by atoms with Crippen LogP contribution < -0.4 is 0 Å². The molecular weight excluding hydrogens is 332 g/mol. The van der Waals surface area contributed by atoms with E-state index in [4.69, 9.17) is 16.8 Å². The zero-order valence-corrected chi connectivity index (χ0v) is 18.5. The molecule has 0 radical (unpaired) electrons. The molecule has 0 N–H and O–H groups in total. The maximum Gasteiger partial charge on any atom is 0.648 e. The molecule has 0 aliphatic carbocycles. The van der Waals surface area contributed by atoms with Gasteiger partial charge in [0.15, 0.2) is 0 Å². The predicted octanol–water partition coefficient (Wildman–Crippen LogP) is 3.91. The van der Waals surface area contributed by atoms with E-state index < -0.39 is 34.0 Å². The second-order valence-electron chi connectivity index (χ2n) is 6.43. The van der Waals surface area contributed by atoms with Crippen LogP contribution in [0.5, 0.6) is 0 Å². The monoisotopic (exact) mass is 362 g/mol. The van der Waals surface area contributed by atoms with Crippen LogP contribution in [-0.2, 0) is 16.8 Å². The zero-order chi connectivity index (χ0) is 16.9. The second-order valence-corrected chi connectivity index (χ2v) is 21.1. The highest BCUT2D eigenvalue weighted by Crippen LogP contribution is 2.26. The molecule has 0 spiro atoms. The molecule has 0 aliphatic rings. The van der Waals surface area contributed by atoms with Gasteiger partial charge in [-0.2, -0.15) is 0 Å². The lowest BCUT2D eigenvalue weighted by Gasteiger charge is -2.40. The van der Waals surface area contributed by atoms with Gasteiger partial charge in [0, 0.05) is 7.11 Å². The fourth-order valence-corrected chi connectivity index (χ4v) is 12.6. The molecule has 0 aliphatic heterocycles. The minimum Gasteiger partial charge on any atom is -0.391 e. The fourth-order valence-electron chi connectivity index (χ4n) is 1.28. The first-order valence-electron chi connectivity index (χ1n) is 6.93. The van der Waals surface area contributed by atoms with Gasteiger partial charge in [0.05, 0.1) is 0 Å². The first kappa shape index (κ1) is 20.9. The van der Waals surface area contributed by atoms with Crippen LogP contribution in [0.15, 0.2) is 36.8 Å². The second kappa shape index (κ2) is 7.46. The van der Waals surface area contributed by atoms with Crippen LogP contribution in [-0.4, -0.2) is 41.1 Å². The molecule has 0 fully saturated rings. The molecule has 0 saturated heterocycles. The van der Waals surface area contributed by atoms with Gasteiger partial charge in [0.1, 0.15) is 0 Å². The highest BCUT2D eigenvalue weighted by molar-refractivity contribution is 6.91. The van der Waals surface area contributed by atoms with E-state index in [1.807, 2.05) is 56.4 Å². The standard InChI is InChI=1S/C13H30O4Si4/c1-11-18(5,6)15-21(14-4,16-19(7,8)12-2)17-20(9,10)13-3/h11-13H,1-3H2,4-10H3. The van der Waals surface area contributed by atoms with Crippen molar-refractivity contribution < 1.29 is 16.8 Å². The van der Waals surface area contributed by atoms with Crippen molar-refractivity contribution in [2.24, 2.45) is 0 Å². The molecule has 122 valence electrons. The summed E-state index contributed by atoms with van der Waals surface area (Å²) >= 11 is 0. The summed E-state index contributed by atoms with van der Waals surface area (Å²) in [5.74, 6) is 0. The molecule has 0 atom stereocenters. The molecule has 0 amide bonds. The van der Waals surface area contributed by atoms with Gasteiger partial charge in [-0.25, -0.2) is 0 Å². The average molecular weight is 363 g/mol. The molecule has 0 rings (SSSR count). The Bertz CT molecular complexity index is 339. The van der Waals surface area contributed by atoms with E-state index in [1.54, 1.807) is 7.11 Å². The van der Waals surface area contributed by atoms with Crippen molar-refractivity contribution in [3.8, 4) is 0 Å². The van der Waals surface area contributed by atoms with Crippen LogP contribution in [0.25, 0.3) is 0 Å². The Balaban J connectivity index is 5.63. The lowest BCUT2D eigenvalue weighted by molar-refractivity contribution is 0.112. The van der Waals surface area contributed by atoms with Gasteiger partial charge in [-0.15, -0.1) is 19.7 Å². The normalized spacial score (nSPS) is 13.9. The van der Waals surface area contributed by atoms with Crippen LogP contribution in [0.4, 0.5) is 0 Å².